The summed E-state index contributed by atoms with van der Waals surface area (Å²) >= 11 is 0. The Morgan fingerprint density at radius 3 is 2.31 bits per heavy atom. The fourth-order valence-corrected chi connectivity index (χ4v) is 3.35. The van der Waals surface area contributed by atoms with Crippen LogP contribution in [0.4, 0.5) is 16.2 Å². The van der Waals surface area contributed by atoms with Gasteiger partial charge in [0.25, 0.3) is 0 Å². The van der Waals surface area contributed by atoms with E-state index in [2.05, 4.69) is 39.6 Å². The maximum absolute atomic E-state index is 12.2. The minimum absolute atomic E-state index is 0.210. The Hall–Kier alpha value is -2.93. The number of nitrogens with zero attached hydrogens (tertiary/aromatic N) is 2. The van der Waals surface area contributed by atoms with Gasteiger partial charge in [0.15, 0.2) is 11.5 Å². The van der Waals surface area contributed by atoms with Crippen LogP contribution in [0, 0.1) is 0 Å². The third-order valence-corrected chi connectivity index (χ3v) is 5.14. The zero-order valence-corrected chi connectivity index (χ0v) is 17.4. The number of rotatable bonds is 7. The second-order valence-corrected chi connectivity index (χ2v) is 7.16. The summed E-state index contributed by atoms with van der Waals surface area (Å²) in [6.07, 6.45) is 0.704. The molecule has 0 aromatic heterocycles. The van der Waals surface area contributed by atoms with Gasteiger partial charge in [0.05, 0.1) is 14.2 Å². The molecule has 29 heavy (non-hydrogen) atoms. The lowest BCUT2D eigenvalue weighted by Crippen LogP contribution is -2.44. The monoisotopic (exact) mass is 398 g/mol. The predicted molar refractivity (Wildman–Crippen MR) is 116 cm³/mol. The van der Waals surface area contributed by atoms with Crippen molar-refractivity contribution in [1.82, 2.24) is 10.2 Å². The molecule has 1 aliphatic rings. The van der Waals surface area contributed by atoms with E-state index in [1.807, 2.05) is 30.3 Å². The standard InChI is InChI=1S/C22H30N4O3/c1-25-12-14-26(15-13-25)19-7-5-18(6-8-19)24-22(27)23-11-10-17-4-9-20(28-2)21(16-17)29-3/h4-9,16H,10-15H2,1-3H3,(H2,23,24,27). The van der Waals surface area contributed by atoms with Gasteiger partial charge in [-0.1, -0.05) is 6.07 Å². The zero-order valence-electron chi connectivity index (χ0n) is 17.4. The number of nitrogens with one attached hydrogen (secondary N) is 2. The summed E-state index contributed by atoms with van der Waals surface area (Å²) in [4.78, 5) is 16.9. The maximum Gasteiger partial charge on any atom is 0.319 e. The number of amides is 2. The molecule has 7 nitrogen and oxygen atoms in total. The van der Waals surface area contributed by atoms with Crippen molar-refractivity contribution in [2.75, 3.05) is 64.2 Å². The molecule has 0 radical (unpaired) electrons. The van der Waals surface area contributed by atoms with Gasteiger partial charge >= 0.3 is 6.03 Å². The van der Waals surface area contributed by atoms with E-state index < -0.39 is 0 Å². The van der Waals surface area contributed by atoms with Gasteiger partial charge < -0.3 is 29.9 Å². The van der Waals surface area contributed by atoms with Gasteiger partial charge in [-0.15, -0.1) is 0 Å². The van der Waals surface area contributed by atoms with Gasteiger partial charge in [0, 0.05) is 44.1 Å². The number of methoxy groups -OCH3 is 2. The van der Waals surface area contributed by atoms with Crippen LogP contribution in [0.5, 0.6) is 11.5 Å². The number of carbonyl (C=O) groups excluding carboxylic acids is 1. The average Bonchev–Trinajstić information content (AvgIpc) is 2.75. The van der Waals surface area contributed by atoms with Crippen LogP contribution >= 0.6 is 0 Å². The molecule has 156 valence electrons. The number of ether oxygens (including phenoxy) is 2. The molecule has 3 rings (SSSR count). The van der Waals surface area contributed by atoms with Crippen LogP contribution in [0.2, 0.25) is 0 Å². The molecule has 0 spiro atoms. The molecule has 0 bridgehead atoms. The first-order valence-corrected chi connectivity index (χ1v) is 9.88. The van der Waals surface area contributed by atoms with Gasteiger partial charge in [0.2, 0.25) is 0 Å². The van der Waals surface area contributed by atoms with Crippen LogP contribution in [0.1, 0.15) is 5.56 Å². The van der Waals surface area contributed by atoms with E-state index in [4.69, 9.17) is 9.47 Å². The van der Waals surface area contributed by atoms with Gasteiger partial charge in [-0.25, -0.2) is 4.79 Å². The Balaban J connectivity index is 1.45. The minimum atomic E-state index is -0.210. The molecule has 1 heterocycles. The first kappa shape index (κ1) is 20.8. The van der Waals surface area contributed by atoms with Crippen molar-refractivity contribution in [1.29, 1.82) is 0 Å². The lowest BCUT2D eigenvalue weighted by Gasteiger charge is -2.34. The number of hydrogen-bond donors (Lipinski definition) is 2. The quantitative estimate of drug-likeness (QED) is 0.751. The van der Waals surface area contributed by atoms with Crippen LogP contribution in [-0.2, 0) is 6.42 Å². The van der Waals surface area contributed by atoms with Crippen LogP contribution in [-0.4, -0.2) is 64.9 Å². The lowest BCUT2D eigenvalue weighted by atomic mass is 10.1. The third-order valence-electron chi connectivity index (χ3n) is 5.14. The fraction of sp³-hybridized carbons (Fsp3) is 0.409. The average molecular weight is 399 g/mol. The molecule has 1 aliphatic heterocycles. The summed E-state index contributed by atoms with van der Waals surface area (Å²) in [5, 5.41) is 5.78. The zero-order chi connectivity index (χ0) is 20.6. The molecule has 2 amide bonds. The minimum Gasteiger partial charge on any atom is -0.493 e. The van der Waals surface area contributed by atoms with E-state index in [1.54, 1.807) is 14.2 Å². The van der Waals surface area contributed by atoms with Crippen molar-refractivity contribution in [2.45, 2.75) is 6.42 Å². The van der Waals surface area contributed by atoms with E-state index in [-0.39, 0.29) is 6.03 Å². The number of piperazine rings is 1. The van der Waals surface area contributed by atoms with Crippen molar-refractivity contribution in [3.05, 3.63) is 48.0 Å². The third kappa shape index (κ3) is 5.77. The molecule has 0 aliphatic carbocycles. The van der Waals surface area contributed by atoms with Crippen molar-refractivity contribution in [2.24, 2.45) is 0 Å². The molecule has 0 atom stereocenters. The molecular formula is C22H30N4O3. The maximum atomic E-state index is 12.2. The van der Waals surface area contributed by atoms with Gasteiger partial charge in [-0.05, 0) is 55.4 Å². The number of urea groups is 1. The Kier molecular flexibility index (Phi) is 7.19. The highest BCUT2D eigenvalue weighted by molar-refractivity contribution is 5.89. The van der Waals surface area contributed by atoms with Crippen LogP contribution in [0.25, 0.3) is 0 Å². The summed E-state index contributed by atoms with van der Waals surface area (Å²) in [5.41, 5.74) is 3.04. The predicted octanol–water partition coefficient (Wildman–Crippen LogP) is 2.82. The van der Waals surface area contributed by atoms with Crippen molar-refractivity contribution in [3.8, 4) is 11.5 Å². The van der Waals surface area contributed by atoms with E-state index in [0.717, 1.165) is 37.4 Å². The molecule has 0 unspecified atom stereocenters. The second kappa shape index (κ2) is 10.0. The molecule has 2 aromatic rings. The van der Waals surface area contributed by atoms with Gasteiger partial charge in [-0.3, -0.25) is 0 Å². The summed E-state index contributed by atoms with van der Waals surface area (Å²) in [7, 11) is 5.37. The highest BCUT2D eigenvalue weighted by Gasteiger charge is 2.14. The molecule has 1 saturated heterocycles. The Bertz CT molecular complexity index is 802. The van der Waals surface area contributed by atoms with Crippen molar-refractivity contribution >= 4 is 17.4 Å². The molecule has 2 N–H and O–H groups in total. The highest BCUT2D eigenvalue weighted by atomic mass is 16.5. The number of benzene rings is 2. The molecular weight excluding hydrogens is 368 g/mol. The SMILES string of the molecule is COc1ccc(CCNC(=O)Nc2ccc(N3CCN(C)CC3)cc2)cc1OC. The number of likely N-dealkylation sites (N-methyl/N-ethyl adjacent to an activating group) is 1. The number of anilines is 2. The summed E-state index contributed by atoms with van der Waals surface area (Å²) in [6, 6.07) is 13.6. The van der Waals surface area contributed by atoms with E-state index in [0.29, 0.717) is 24.5 Å². The second-order valence-electron chi connectivity index (χ2n) is 7.16. The van der Waals surface area contributed by atoms with Gasteiger partial charge in [-0.2, -0.15) is 0 Å². The first-order chi connectivity index (χ1) is 14.1. The van der Waals surface area contributed by atoms with Crippen molar-refractivity contribution in [3.63, 3.8) is 0 Å². The Labute approximate surface area is 172 Å². The van der Waals surface area contributed by atoms with Crippen molar-refractivity contribution < 1.29 is 14.3 Å². The normalized spacial score (nSPS) is 14.4. The number of carbonyl (C=O) groups is 1. The fourth-order valence-electron chi connectivity index (χ4n) is 3.35. The van der Waals surface area contributed by atoms with E-state index in [9.17, 15) is 4.79 Å². The Morgan fingerprint density at radius 2 is 1.66 bits per heavy atom. The number of hydrogen-bond acceptors (Lipinski definition) is 5. The van der Waals surface area contributed by atoms with Crippen LogP contribution in [0.3, 0.4) is 0 Å². The van der Waals surface area contributed by atoms with Crippen LogP contribution in [0.15, 0.2) is 42.5 Å². The molecule has 7 heteroatoms. The topological polar surface area (TPSA) is 66.1 Å². The van der Waals surface area contributed by atoms with Crippen LogP contribution < -0.4 is 25.0 Å². The van der Waals surface area contributed by atoms with Gasteiger partial charge in [0.1, 0.15) is 0 Å². The molecule has 1 fully saturated rings. The lowest BCUT2D eigenvalue weighted by molar-refractivity contribution is 0.252. The van der Waals surface area contributed by atoms with E-state index in [1.165, 1.54) is 5.69 Å². The largest absolute Gasteiger partial charge is 0.493 e. The highest BCUT2D eigenvalue weighted by Crippen LogP contribution is 2.27. The summed E-state index contributed by atoms with van der Waals surface area (Å²) < 4.78 is 10.6. The Morgan fingerprint density at radius 1 is 0.966 bits per heavy atom. The summed E-state index contributed by atoms with van der Waals surface area (Å²) in [6.45, 7) is 4.73. The molecule has 0 saturated carbocycles. The molecule has 2 aromatic carbocycles. The first-order valence-electron chi connectivity index (χ1n) is 9.88. The van der Waals surface area contributed by atoms with E-state index >= 15 is 0 Å². The summed E-state index contributed by atoms with van der Waals surface area (Å²) in [5.74, 6) is 1.39. The smallest absolute Gasteiger partial charge is 0.319 e.